The molecular formula is C13H20N4S. The van der Waals surface area contributed by atoms with E-state index in [-0.39, 0.29) is 0 Å². The highest BCUT2D eigenvalue weighted by Crippen LogP contribution is 2.32. The van der Waals surface area contributed by atoms with Crippen molar-refractivity contribution in [3.8, 4) is 0 Å². The largest absolute Gasteiger partial charge is 0.362 e. The Kier molecular flexibility index (Phi) is 3.59. The zero-order chi connectivity index (χ0) is 12.4. The molecule has 2 aliphatic rings. The molecule has 3 rings (SSSR count). The lowest BCUT2D eigenvalue weighted by Crippen LogP contribution is -2.41. The molecule has 1 N–H and O–H groups in total. The van der Waals surface area contributed by atoms with E-state index in [1.807, 2.05) is 22.6 Å². The van der Waals surface area contributed by atoms with Crippen LogP contribution in [0.5, 0.6) is 0 Å². The Morgan fingerprint density at radius 2 is 2.50 bits per heavy atom. The molecule has 1 aromatic heterocycles. The fourth-order valence-electron chi connectivity index (χ4n) is 2.75. The van der Waals surface area contributed by atoms with Crippen molar-refractivity contribution in [2.45, 2.75) is 38.8 Å². The number of hydrogen-bond donors (Lipinski definition) is 1. The van der Waals surface area contributed by atoms with Gasteiger partial charge in [0.15, 0.2) is 5.17 Å². The monoisotopic (exact) mass is 264 g/mol. The summed E-state index contributed by atoms with van der Waals surface area (Å²) >= 11 is 1.89. The predicted molar refractivity (Wildman–Crippen MR) is 76.0 cm³/mol. The van der Waals surface area contributed by atoms with E-state index in [2.05, 4.69) is 28.5 Å². The van der Waals surface area contributed by atoms with Gasteiger partial charge in [-0.2, -0.15) is 5.10 Å². The molecule has 0 amide bonds. The van der Waals surface area contributed by atoms with E-state index in [9.17, 15) is 0 Å². The molecule has 0 aromatic carbocycles. The molecule has 98 valence electrons. The highest BCUT2D eigenvalue weighted by Gasteiger charge is 2.31. The van der Waals surface area contributed by atoms with Gasteiger partial charge in [0.25, 0.3) is 0 Å². The summed E-state index contributed by atoms with van der Waals surface area (Å²) in [7, 11) is 0. The van der Waals surface area contributed by atoms with Gasteiger partial charge >= 0.3 is 0 Å². The summed E-state index contributed by atoms with van der Waals surface area (Å²) < 4.78 is 1.96. The molecule has 1 aromatic rings. The number of nitrogens with one attached hydrogen (secondary N) is 1. The topological polar surface area (TPSA) is 42.2 Å². The third-order valence-corrected chi connectivity index (χ3v) is 4.86. The lowest BCUT2D eigenvalue weighted by atomic mass is 10.1. The van der Waals surface area contributed by atoms with Gasteiger partial charge in [0, 0.05) is 18.0 Å². The van der Waals surface area contributed by atoms with E-state index in [4.69, 9.17) is 0 Å². The Bertz CT molecular complexity index is 440. The van der Waals surface area contributed by atoms with Gasteiger partial charge in [-0.05, 0) is 31.2 Å². The molecule has 1 aliphatic heterocycles. The Balaban J connectivity index is 1.50. The minimum Gasteiger partial charge on any atom is -0.362 e. The van der Waals surface area contributed by atoms with Crippen molar-refractivity contribution in [2.24, 2.45) is 10.9 Å². The highest BCUT2D eigenvalue weighted by atomic mass is 32.2. The second-order valence-corrected chi connectivity index (χ2v) is 6.23. The molecule has 5 heteroatoms. The number of rotatable bonds is 3. The lowest BCUT2D eigenvalue weighted by Gasteiger charge is -2.28. The van der Waals surface area contributed by atoms with E-state index >= 15 is 0 Å². The van der Waals surface area contributed by atoms with Gasteiger partial charge < -0.3 is 5.32 Å². The van der Waals surface area contributed by atoms with E-state index < -0.39 is 0 Å². The SMILES string of the molecule is Cc1cnn(CCN=C2NC3CCCC3CS2)c1. The maximum atomic E-state index is 4.66. The van der Waals surface area contributed by atoms with Crippen LogP contribution in [0.3, 0.4) is 0 Å². The Morgan fingerprint density at radius 3 is 3.33 bits per heavy atom. The fraction of sp³-hybridized carbons (Fsp3) is 0.692. The van der Waals surface area contributed by atoms with Crippen LogP contribution >= 0.6 is 11.8 Å². The molecule has 18 heavy (non-hydrogen) atoms. The van der Waals surface area contributed by atoms with Crippen LogP contribution in [0.1, 0.15) is 24.8 Å². The molecule has 1 aliphatic carbocycles. The van der Waals surface area contributed by atoms with Crippen molar-refractivity contribution in [2.75, 3.05) is 12.3 Å². The maximum Gasteiger partial charge on any atom is 0.156 e. The van der Waals surface area contributed by atoms with E-state index in [0.29, 0.717) is 6.04 Å². The zero-order valence-corrected chi connectivity index (χ0v) is 11.6. The van der Waals surface area contributed by atoms with Crippen molar-refractivity contribution in [3.63, 3.8) is 0 Å². The summed E-state index contributed by atoms with van der Waals surface area (Å²) in [5, 5.41) is 9.00. The van der Waals surface area contributed by atoms with Gasteiger partial charge in [0.05, 0.1) is 19.3 Å². The first-order valence-electron chi connectivity index (χ1n) is 6.74. The number of hydrogen-bond acceptors (Lipinski definition) is 3. The van der Waals surface area contributed by atoms with Crippen molar-refractivity contribution in [1.29, 1.82) is 0 Å². The number of aromatic nitrogens is 2. The van der Waals surface area contributed by atoms with E-state index in [1.165, 1.54) is 30.6 Å². The van der Waals surface area contributed by atoms with Crippen LogP contribution in [0.2, 0.25) is 0 Å². The van der Waals surface area contributed by atoms with Crippen LogP contribution in [0.4, 0.5) is 0 Å². The predicted octanol–water partition coefficient (Wildman–Crippen LogP) is 2.05. The number of amidine groups is 1. The first kappa shape index (κ1) is 12.1. The van der Waals surface area contributed by atoms with Gasteiger partial charge in [-0.25, -0.2) is 0 Å². The maximum absolute atomic E-state index is 4.66. The van der Waals surface area contributed by atoms with E-state index in [1.54, 1.807) is 0 Å². The average molecular weight is 264 g/mol. The van der Waals surface area contributed by atoms with Gasteiger partial charge in [0.1, 0.15) is 0 Å². The molecule has 0 radical (unpaired) electrons. The van der Waals surface area contributed by atoms with Crippen molar-refractivity contribution < 1.29 is 0 Å². The molecule has 4 nitrogen and oxygen atoms in total. The van der Waals surface area contributed by atoms with Gasteiger partial charge in [-0.1, -0.05) is 18.2 Å². The summed E-state index contributed by atoms with van der Waals surface area (Å²) in [6.45, 7) is 3.75. The summed E-state index contributed by atoms with van der Waals surface area (Å²) in [6, 6.07) is 0.692. The summed E-state index contributed by atoms with van der Waals surface area (Å²) in [4.78, 5) is 4.66. The van der Waals surface area contributed by atoms with Crippen LogP contribution < -0.4 is 5.32 Å². The Hall–Kier alpha value is -0.970. The Morgan fingerprint density at radius 1 is 1.56 bits per heavy atom. The Labute approximate surface area is 112 Å². The number of fused-ring (bicyclic) bond motifs is 1. The van der Waals surface area contributed by atoms with Crippen molar-refractivity contribution in [1.82, 2.24) is 15.1 Å². The van der Waals surface area contributed by atoms with Gasteiger partial charge in [0.2, 0.25) is 0 Å². The minimum atomic E-state index is 0.692. The summed E-state index contributed by atoms with van der Waals surface area (Å²) in [5.41, 5.74) is 1.21. The zero-order valence-electron chi connectivity index (χ0n) is 10.8. The molecule has 2 fully saturated rings. The quantitative estimate of drug-likeness (QED) is 0.908. The molecule has 2 atom stereocenters. The van der Waals surface area contributed by atoms with Gasteiger partial charge in [-0.3, -0.25) is 9.67 Å². The van der Waals surface area contributed by atoms with E-state index in [0.717, 1.165) is 24.2 Å². The van der Waals surface area contributed by atoms with Crippen LogP contribution in [-0.4, -0.2) is 33.3 Å². The number of thioether (sulfide) groups is 1. The smallest absolute Gasteiger partial charge is 0.156 e. The van der Waals surface area contributed by atoms with Crippen molar-refractivity contribution >= 4 is 16.9 Å². The highest BCUT2D eigenvalue weighted by molar-refractivity contribution is 8.13. The van der Waals surface area contributed by atoms with Crippen LogP contribution in [0.15, 0.2) is 17.4 Å². The first-order chi connectivity index (χ1) is 8.81. The molecule has 0 spiro atoms. The number of aliphatic imine (C=N–C) groups is 1. The molecule has 1 saturated heterocycles. The second-order valence-electron chi connectivity index (χ2n) is 5.22. The molecule has 1 saturated carbocycles. The minimum absolute atomic E-state index is 0.692. The van der Waals surface area contributed by atoms with Crippen molar-refractivity contribution in [3.05, 3.63) is 18.0 Å². The van der Waals surface area contributed by atoms with Gasteiger partial charge in [-0.15, -0.1) is 0 Å². The third-order valence-electron chi connectivity index (χ3n) is 3.75. The third kappa shape index (κ3) is 2.71. The van der Waals surface area contributed by atoms with Crippen LogP contribution in [0.25, 0.3) is 0 Å². The molecule has 2 heterocycles. The second kappa shape index (κ2) is 5.34. The fourth-order valence-corrected chi connectivity index (χ4v) is 3.94. The summed E-state index contributed by atoms with van der Waals surface area (Å²) in [6.07, 6.45) is 8.05. The number of nitrogens with zero attached hydrogens (tertiary/aromatic N) is 3. The molecular weight excluding hydrogens is 244 g/mol. The normalized spacial score (nSPS) is 29.3. The summed E-state index contributed by atoms with van der Waals surface area (Å²) in [5.74, 6) is 2.12. The lowest BCUT2D eigenvalue weighted by molar-refractivity contribution is 0.489. The van der Waals surface area contributed by atoms with Crippen LogP contribution in [-0.2, 0) is 6.54 Å². The number of aryl methyl sites for hydroxylation is 1. The molecule has 0 bridgehead atoms. The molecule has 2 unspecified atom stereocenters. The standard InChI is InChI=1S/C13H20N4S/c1-10-7-15-17(8-10)6-5-14-13-16-12-4-2-3-11(12)9-18-13/h7-8,11-12H,2-6,9H2,1H3,(H,14,16). The first-order valence-corrected chi connectivity index (χ1v) is 7.72. The van der Waals surface area contributed by atoms with Crippen LogP contribution in [0, 0.1) is 12.8 Å². The average Bonchev–Trinajstić information content (AvgIpc) is 2.97.